The summed E-state index contributed by atoms with van der Waals surface area (Å²) in [6.07, 6.45) is 16.8. The Morgan fingerprint density at radius 2 is 0.788 bits per heavy atom. The molecule has 4 fully saturated rings. The van der Waals surface area contributed by atoms with Crippen LogP contribution in [0.3, 0.4) is 0 Å². The van der Waals surface area contributed by atoms with E-state index in [4.69, 9.17) is 18.9 Å². The highest BCUT2D eigenvalue weighted by molar-refractivity contribution is 5.76. The van der Waals surface area contributed by atoms with Gasteiger partial charge in [0.2, 0.25) is 0 Å². The number of hydrogen-bond acceptors (Lipinski definition) is 12. The first kappa shape index (κ1) is 51.2. The van der Waals surface area contributed by atoms with Gasteiger partial charge in [0.25, 0.3) is 0 Å². The molecule has 2 aromatic carbocycles. The first-order valence-corrected chi connectivity index (χ1v) is 25.6. The van der Waals surface area contributed by atoms with Crippen molar-refractivity contribution in [3.63, 3.8) is 0 Å². The van der Waals surface area contributed by atoms with E-state index < -0.39 is 12.2 Å². The van der Waals surface area contributed by atoms with Crippen LogP contribution in [0.4, 0.5) is 9.59 Å². The third kappa shape index (κ3) is 18.4. The van der Waals surface area contributed by atoms with E-state index in [-0.39, 0.29) is 59.6 Å². The number of carbonyl (C=O) groups excluding carboxylic acids is 4. The Morgan fingerprint density at radius 1 is 0.455 bits per heavy atom. The molecule has 4 aliphatic heterocycles. The van der Waals surface area contributed by atoms with Gasteiger partial charge in [-0.1, -0.05) is 51.7 Å². The molecule has 0 aromatic heterocycles. The van der Waals surface area contributed by atoms with Crippen LogP contribution in [0.1, 0.15) is 128 Å². The maximum atomic E-state index is 13.2. The van der Waals surface area contributed by atoms with Gasteiger partial charge in [-0.3, -0.25) is 9.59 Å². The Hall–Kier alpha value is -4.24. The lowest BCUT2D eigenvalue weighted by molar-refractivity contribution is -0.135. The van der Waals surface area contributed by atoms with E-state index in [0.29, 0.717) is 38.8 Å². The molecule has 0 saturated carbocycles. The van der Waals surface area contributed by atoms with Crippen LogP contribution in [0, 0.1) is 11.8 Å². The van der Waals surface area contributed by atoms with Gasteiger partial charge in [0, 0.05) is 39.0 Å². The lowest BCUT2D eigenvalue weighted by atomic mass is 9.85. The van der Waals surface area contributed by atoms with Gasteiger partial charge in [0.05, 0.1) is 0 Å². The van der Waals surface area contributed by atoms with E-state index in [1.807, 2.05) is 24.3 Å². The summed E-state index contributed by atoms with van der Waals surface area (Å²) < 4.78 is 23.4. The second-order valence-corrected chi connectivity index (χ2v) is 19.3. The molecular weight excluding hydrogens is 837 g/mol. The molecule has 366 valence electrons. The Balaban J connectivity index is 1.07. The molecule has 2 N–H and O–H groups in total. The number of amides is 2. The monoisotopic (exact) mass is 917 g/mol. The van der Waals surface area contributed by atoms with Crippen LogP contribution in [0.15, 0.2) is 36.4 Å². The minimum Gasteiger partial charge on any atom is -0.423 e. The van der Waals surface area contributed by atoms with Crippen LogP contribution < -0.4 is 29.6 Å². The van der Waals surface area contributed by atoms with Crippen LogP contribution in [0.25, 0.3) is 0 Å². The smallest absolute Gasteiger partial charge is 0.412 e. The quantitative estimate of drug-likeness (QED) is 0.0820. The van der Waals surface area contributed by atoms with Gasteiger partial charge < -0.3 is 49.2 Å². The molecule has 4 aliphatic rings. The number of likely N-dealkylation sites (tertiary alicyclic amines) is 4. The molecule has 14 heteroatoms. The third-order valence-corrected chi connectivity index (χ3v) is 13.9. The van der Waals surface area contributed by atoms with Crippen LogP contribution >= 0.6 is 0 Å². The van der Waals surface area contributed by atoms with Crippen molar-refractivity contribution < 1.29 is 38.1 Å². The number of esters is 2. The summed E-state index contributed by atoms with van der Waals surface area (Å²) in [6, 6.07) is 11.0. The Labute approximate surface area is 394 Å². The lowest BCUT2D eigenvalue weighted by Crippen LogP contribution is -2.38. The Kier molecular flexibility index (Phi) is 21.8. The van der Waals surface area contributed by atoms with Crippen molar-refractivity contribution >= 4 is 24.1 Å². The number of carbonyl (C=O) groups is 4. The topological polar surface area (TPSA) is 142 Å². The molecule has 4 saturated heterocycles. The summed E-state index contributed by atoms with van der Waals surface area (Å²) in [5.41, 5.74) is 1.90. The number of nitrogens with one attached hydrogen (secondary N) is 2. The maximum absolute atomic E-state index is 13.2. The Bertz CT molecular complexity index is 1680. The summed E-state index contributed by atoms with van der Waals surface area (Å²) in [4.78, 5) is 61.9. The van der Waals surface area contributed by atoms with E-state index >= 15 is 0 Å². The van der Waals surface area contributed by atoms with Crippen molar-refractivity contribution in [2.45, 2.75) is 129 Å². The zero-order chi connectivity index (χ0) is 46.4. The second kappa shape index (κ2) is 28.2. The highest BCUT2D eigenvalue weighted by Gasteiger charge is 2.22. The van der Waals surface area contributed by atoms with Gasteiger partial charge in [0.15, 0.2) is 23.0 Å². The van der Waals surface area contributed by atoms with Crippen molar-refractivity contribution in [1.82, 2.24) is 30.2 Å². The Morgan fingerprint density at radius 3 is 1.20 bits per heavy atom. The van der Waals surface area contributed by atoms with Crippen molar-refractivity contribution in [2.75, 3.05) is 91.6 Å². The van der Waals surface area contributed by atoms with Crippen molar-refractivity contribution in [3.8, 4) is 23.0 Å². The molecule has 2 atom stereocenters. The summed E-state index contributed by atoms with van der Waals surface area (Å²) in [6.45, 7) is 17.0. The molecule has 0 unspecified atom stereocenters. The highest BCUT2D eigenvalue weighted by Crippen LogP contribution is 2.34. The third-order valence-electron chi connectivity index (χ3n) is 13.9. The van der Waals surface area contributed by atoms with Crippen LogP contribution in [0.5, 0.6) is 23.0 Å². The molecule has 0 bridgehead atoms. The molecule has 6 rings (SSSR count). The van der Waals surface area contributed by atoms with E-state index in [1.54, 1.807) is 12.1 Å². The predicted molar refractivity (Wildman–Crippen MR) is 258 cm³/mol. The van der Waals surface area contributed by atoms with Crippen LogP contribution in [-0.2, 0) is 22.4 Å². The van der Waals surface area contributed by atoms with E-state index in [1.165, 1.54) is 77.0 Å². The average molecular weight is 917 g/mol. The lowest BCUT2D eigenvalue weighted by Gasteiger charge is -2.26. The van der Waals surface area contributed by atoms with Crippen molar-refractivity contribution in [2.24, 2.45) is 11.8 Å². The van der Waals surface area contributed by atoms with Crippen LogP contribution in [0.2, 0.25) is 0 Å². The molecule has 2 amide bonds. The molecule has 66 heavy (non-hydrogen) atoms. The second-order valence-electron chi connectivity index (χ2n) is 19.3. The van der Waals surface area contributed by atoms with E-state index in [9.17, 15) is 19.2 Å². The molecule has 4 heterocycles. The van der Waals surface area contributed by atoms with E-state index in [0.717, 1.165) is 89.7 Å². The predicted octanol–water partition coefficient (Wildman–Crippen LogP) is 8.24. The molecular formula is C52H80N6O8. The summed E-state index contributed by atoms with van der Waals surface area (Å²) >= 11 is 0. The standard InChI is InChI=1S/C52H80N6O8/c1-41(37-43-20-22-46(65-51(61)53-23-35-57-29-11-5-12-30-57)47(39-43)64-50(60)18-16-34-56-27-9-4-10-28-56)42(2)38-44-19-21-45(63-49(59)17-15-33-55-25-7-3-8-26-55)48(40-44)66-52(62)54-24-36-58-31-13-6-14-32-58/h19-22,39-42H,3-18,23-38H2,1-2H3,(H,53,61)(H,54,62)/t41-,42+/m0/s1. The molecule has 0 spiro atoms. The molecule has 2 aromatic rings. The maximum Gasteiger partial charge on any atom is 0.412 e. The number of ether oxygens (including phenoxy) is 4. The minimum atomic E-state index is -0.575. The van der Waals surface area contributed by atoms with Gasteiger partial charge in [-0.25, -0.2) is 9.59 Å². The number of rotatable bonds is 23. The van der Waals surface area contributed by atoms with Gasteiger partial charge in [0.1, 0.15) is 0 Å². The van der Waals surface area contributed by atoms with Crippen LogP contribution in [-0.4, -0.2) is 135 Å². The zero-order valence-electron chi connectivity index (χ0n) is 40.3. The largest absolute Gasteiger partial charge is 0.423 e. The fraction of sp³-hybridized carbons (Fsp3) is 0.692. The van der Waals surface area contributed by atoms with Gasteiger partial charge in [-0.15, -0.1) is 0 Å². The molecule has 0 radical (unpaired) electrons. The van der Waals surface area contributed by atoms with Gasteiger partial charge in [-0.2, -0.15) is 0 Å². The fourth-order valence-corrected chi connectivity index (χ4v) is 9.71. The fourth-order valence-electron chi connectivity index (χ4n) is 9.71. The van der Waals surface area contributed by atoms with Gasteiger partial charge in [-0.05, 0) is 190 Å². The van der Waals surface area contributed by atoms with Crippen molar-refractivity contribution in [3.05, 3.63) is 47.5 Å². The number of benzene rings is 2. The zero-order valence-corrected chi connectivity index (χ0v) is 40.3. The molecule has 14 nitrogen and oxygen atoms in total. The summed E-state index contributed by atoms with van der Waals surface area (Å²) in [5, 5.41) is 5.77. The average Bonchev–Trinajstić information content (AvgIpc) is 3.32. The number of hydrogen-bond donors (Lipinski definition) is 2. The first-order chi connectivity index (χ1) is 32.2. The number of nitrogens with zero attached hydrogens (tertiary/aromatic N) is 4. The summed E-state index contributed by atoms with van der Waals surface area (Å²) in [5.74, 6) is 0.593. The normalized spacial score (nSPS) is 18.8. The van der Waals surface area contributed by atoms with Crippen molar-refractivity contribution in [1.29, 1.82) is 0 Å². The van der Waals surface area contributed by atoms with E-state index in [2.05, 4.69) is 44.1 Å². The number of piperidine rings is 4. The molecule has 0 aliphatic carbocycles. The minimum absolute atomic E-state index is 0.182. The van der Waals surface area contributed by atoms with Gasteiger partial charge >= 0.3 is 24.1 Å². The first-order valence-electron chi connectivity index (χ1n) is 25.6. The summed E-state index contributed by atoms with van der Waals surface area (Å²) in [7, 11) is 0. The SMILES string of the molecule is C[C@H](Cc1ccc(OC(=O)CCCN2CCCCC2)c(OC(=O)NCCN2CCCCC2)c1)[C@@H](C)Cc1ccc(OC(=O)NCCN2CCCCC2)c(OC(=O)CCCN2CCCCC2)c1. The highest BCUT2D eigenvalue weighted by atomic mass is 16.6.